The molecule has 0 aliphatic carbocycles. The van der Waals surface area contributed by atoms with Crippen LogP contribution >= 0.6 is 34.8 Å². The average Bonchev–Trinajstić information content (AvgIpc) is 3.20. The molecule has 3 rings (SSSR count). The Balaban J connectivity index is 1.82. The van der Waals surface area contributed by atoms with Crippen LogP contribution in [0, 0.1) is 0 Å². The number of nitrogens with one attached hydrogen (secondary N) is 2. The van der Waals surface area contributed by atoms with Gasteiger partial charge in [0.2, 0.25) is 0 Å². The fraction of sp³-hybridized carbons (Fsp3) is 0.150. The number of nitrogens with zero attached hydrogens (tertiary/aromatic N) is 1. The minimum atomic E-state index is -1.84. The first-order valence-corrected chi connectivity index (χ1v) is 9.85. The number of carboxylic acid groups (broad SMARTS) is 1. The molecule has 0 radical (unpaired) electrons. The number of hydrogen-bond donors (Lipinski definition) is 4. The molecular formula is C20H16Cl3N3O4. The van der Waals surface area contributed by atoms with Crippen molar-refractivity contribution >= 4 is 46.7 Å². The zero-order valence-electron chi connectivity index (χ0n) is 15.3. The van der Waals surface area contributed by atoms with Crippen molar-refractivity contribution in [3.63, 3.8) is 0 Å². The molecule has 3 aromatic rings. The quantitative estimate of drug-likeness (QED) is 0.421. The maximum Gasteiger partial charge on any atom is 0.334 e. The van der Waals surface area contributed by atoms with Gasteiger partial charge in [-0.05, 0) is 42.3 Å². The minimum Gasteiger partial charge on any atom is -0.479 e. The topological polar surface area (TPSA) is 115 Å². The first-order chi connectivity index (χ1) is 14.3. The average molecular weight is 469 g/mol. The molecule has 0 unspecified atom stereocenters. The van der Waals surface area contributed by atoms with Crippen LogP contribution in [0.5, 0.6) is 0 Å². The zero-order chi connectivity index (χ0) is 21.8. The maximum atomic E-state index is 12.7. The molecule has 0 spiro atoms. The highest BCUT2D eigenvalue weighted by molar-refractivity contribution is 6.35. The lowest BCUT2D eigenvalue weighted by Crippen LogP contribution is -2.48. The second-order valence-corrected chi connectivity index (χ2v) is 7.70. The summed E-state index contributed by atoms with van der Waals surface area (Å²) in [4.78, 5) is 24.0. The molecule has 2 atom stereocenters. The van der Waals surface area contributed by atoms with E-state index in [9.17, 15) is 19.8 Å². The molecule has 4 N–H and O–H groups in total. The third-order valence-corrected chi connectivity index (χ3v) is 5.31. The van der Waals surface area contributed by atoms with E-state index in [1.807, 2.05) is 0 Å². The van der Waals surface area contributed by atoms with Gasteiger partial charge in [0, 0.05) is 15.6 Å². The Morgan fingerprint density at radius 3 is 2.50 bits per heavy atom. The Kier molecular flexibility index (Phi) is 6.99. The smallest absolute Gasteiger partial charge is 0.334 e. The molecule has 7 nitrogen and oxygen atoms in total. The number of hydrogen-bond acceptors (Lipinski definition) is 4. The monoisotopic (exact) mass is 467 g/mol. The van der Waals surface area contributed by atoms with Crippen molar-refractivity contribution < 1.29 is 19.8 Å². The number of aromatic nitrogens is 2. The summed E-state index contributed by atoms with van der Waals surface area (Å²) in [6.45, 7) is 0. The molecule has 1 amide bonds. The van der Waals surface area contributed by atoms with E-state index in [0.29, 0.717) is 31.9 Å². The van der Waals surface area contributed by atoms with Crippen LogP contribution in [0.4, 0.5) is 0 Å². The van der Waals surface area contributed by atoms with Crippen molar-refractivity contribution in [3.8, 4) is 11.3 Å². The molecule has 30 heavy (non-hydrogen) atoms. The fourth-order valence-electron chi connectivity index (χ4n) is 2.83. The van der Waals surface area contributed by atoms with Crippen molar-refractivity contribution in [2.24, 2.45) is 0 Å². The highest BCUT2D eigenvalue weighted by Crippen LogP contribution is 2.29. The molecule has 0 saturated heterocycles. The van der Waals surface area contributed by atoms with Crippen LogP contribution in [0.25, 0.3) is 11.3 Å². The van der Waals surface area contributed by atoms with Gasteiger partial charge in [-0.25, -0.2) is 4.79 Å². The number of aliphatic hydroxyl groups is 1. The van der Waals surface area contributed by atoms with Crippen LogP contribution in [0.2, 0.25) is 15.1 Å². The van der Waals surface area contributed by atoms with Crippen LogP contribution in [0.15, 0.2) is 48.5 Å². The summed E-state index contributed by atoms with van der Waals surface area (Å²) in [5.74, 6) is -2.12. The Morgan fingerprint density at radius 1 is 1.07 bits per heavy atom. The molecule has 156 valence electrons. The Labute approximate surface area is 186 Å². The lowest BCUT2D eigenvalue weighted by atomic mass is 10.0. The Hall–Kier alpha value is -2.58. The molecule has 1 aromatic heterocycles. The van der Waals surface area contributed by atoms with Crippen molar-refractivity contribution in [1.29, 1.82) is 0 Å². The number of carbonyl (C=O) groups excluding carboxylic acids is 1. The number of H-pyrrole nitrogens is 1. The van der Waals surface area contributed by atoms with E-state index >= 15 is 0 Å². The molecule has 0 saturated carbocycles. The predicted molar refractivity (Wildman–Crippen MR) is 114 cm³/mol. The van der Waals surface area contributed by atoms with Gasteiger partial charge in [-0.2, -0.15) is 5.10 Å². The molecule has 0 aliphatic rings. The van der Waals surface area contributed by atoms with Gasteiger partial charge in [0.15, 0.2) is 6.10 Å². The standard InChI is InChI=1S/C20H16Cl3N3O4/c21-11-5-6-14(23)12(8-11)15-9-17(26-25-15)19(28)24-16(18(27)20(29)30)7-10-3-1-2-4-13(10)22/h1-6,8-9,16,18,27H,7H2,(H,24,28)(H,25,26)(H,29,30)/t16-,18-/m1/s1. The molecular weight excluding hydrogens is 453 g/mol. The van der Waals surface area contributed by atoms with E-state index in [4.69, 9.17) is 34.8 Å². The highest BCUT2D eigenvalue weighted by atomic mass is 35.5. The third kappa shape index (κ3) is 5.12. The first-order valence-electron chi connectivity index (χ1n) is 8.72. The molecule has 1 heterocycles. The van der Waals surface area contributed by atoms with Gasteiger partial charge < -0.3 is 15.5 Å². The van der Waals surface area contributed by atoms with Crippen molar-refractivity contribution in [2.75, 3.05) is 0 Å². The van der Waals surface area contributed by atoms with Crippen LogP contribution in [0.1, 0.15) is 16.1 Å². The number of carboxylic acids is 1. The molecule has 2 aromatic carbocycles. The lowest BCUT2D eigenvalue weighted by molar-refractivity contribution is -0.148. The fourth-order valence-corrected chi connectivity index (χ4v) is 3.43. The number of halogens is 3. The molecule has 0 bridgehead atoms. The predicted octanol–water partition coefficient (Wildman–Crippen LogP) is 3.82. The van der Waals surface area contributed by atoms with Gasteiger partial charge in [0.25, 0.3) is 5.91 Å². The summed E-state index contributed by atoms with van der Waals surface area (Å²) < 4.78 is 0. The minimum absolute atomic E-state index is 0.0139. The second kappa shape index (κ2) is 9.49. The van der Waals surface area contributed by atoms with Crippen LogP contribution in [-0.2, 0) is 11.2 Å². The number of carbonyl (C=O) groups is 2. The van der Waals surface area contributed by atoms with Crippen molar-refractivity contribution in [3.05, 3.63) is 74.9 Å². The zero-order valence-corrected chi connectivity index (χ0v) is 17.5. The number of amides is 1. The summed E-state index contributed by atoms with van der Waals surface area (Å²) in [5.41, 5.74) is 1.55. The molecule has 0 fully saturated rings. The summed E-state index contributed by atoms with van der Waals surface area (Å²) in [6.07, 6.45) is -1.82. The molecule has 0 aliphatic heterocycles. The van der Waals surface area contributed by atoms with E-state index < -0.39 is 24.0 Å². The van der Waals surface area contributed by atoms with Gasteiger partial charge in [-0.15, -0.1) is 0 Å². The Morgan fingerprint density at radius 2 is 1.80 bits per heavy atom. The van der Waals surface area contributed by atoms with Gasteiger partial charge in [-0.3, -0.25) is 9.89 Å². The maximum absolute atomic E-state index is 12.7. The largest absolute Gasteiger partial charge is 0.479 e. The number of aromatic amines is 1. The van der Waals surface area contributed by atoms with E-state index in [1.165, 1.54) is 6.07 Å². The first kappa shape index (κ1) is 22.1. The van der Waals surface area contributed by atoms with Crippen molar-refractivity contribution in [1.82, 2.24) is 15.5 Å². The third-order valence-electron chi connectivity index (χ3n) is 4.38. The SMILES string of the molecule is O=C(N[C@H](Cc1ccccc1Cl)[C@@H](O)C(=O)O)c1cc(-c2cc(Cl)ccc2Cl)n[nH]1. The second-order valence-electron chi connectivity index (χ2n) is 6.45. The summed E-state index contributed by atoms with van der Waals surface area (Å²) >= 11 is 18.3. The van der Waals surface area contributed by atoms with Gasteiger partial charge in [0.1, 0.15) is 5.69 Å². The van der Waals surface area contributed by atoms with E-state index in [1.54, 1.807) is 42.5 Å². The highest BCUT2D eigenvalue weighted by Gasteiger charge is 2.29. The number of benzene rings is 2. The Bertz CT molecular complexity index is 1090. The van der Waals surface area contributed by atoms with Gasteiger partial charge in [-0.1, -0.05) is 53.0 Å². The van der Waals surface area contributed by atoms with Crippen LogP contribution in [0.3, 0.4) is 0 Å². The molecule has 10 heteroatoms. The summed E-state index contributed by atoms with van der Waals surface area (Å²) in [6, 6.07) is 11.9. The number of rotatable bonds is 7. The summed E-state index contributed by atoms with van der Waals surface area (Å²) in [7, 11) is 0. The van der Waals surface area contributed by atoms with E-state index in [-0.39, 0.29) is 12.1 Å². The van der Waals surface area contributed by atoms with Gasteiger partial charge >= 0.3 is 5.97 Å². The van der Waals surface area contributed by atoms with E-state index in [2.05, 4.69) is 15.5 Å². The van der Waals surface area contributed by atoms with Crippen LogP contribution < -0.4 is 5.32 Å². The normalized spacial score (nSPS) is 12.9. The van der Waals surface area contributed by atoms with Crippen LogP contribution in [-0.4, -0.2) is 44.4 Å². The van der Waals surface area contributed by atoms with Crippen molar-refractivity contribution in [2.45, 2.75) is 18.6 Å². The summed E-state index contributed by atoms with van der Waals surface area (Å²) in [5, 5.41) is 29.7. The van der Waals surface area contributed by atoms with Gasteiger partial charge in [0.05, 0.1) is 16.8 Å². The number of aliphatic carboxylic acids is 1. The van der Waals surface area contributed by atoms with E-state index in [0.717, 1.165) is 0 Å². The number of aliphatic hydroxyl groups excluding tert-OH is 1. The lowest BCUT2D eigenvalue weighted by Gasteiger charge is -2.21.